The van der Waals surface area contributed by atoms with Gasteiger partial charge in [0.1, 0.15) is 0 Å². The van der Waals surface area contributed by atoms with Gasteiger partial charge in [-0.15, -0.1) is 0 Å². The van der Waals surface area contributed by atoms with Crippen molar-refractivity contribution >= 4 is 11.8 Å². The van der Waals surface area contributed by atoms with Gasteiger partial charge in [0.25, 0.3) is 0 Å². The minimum atomic E-state index is 0.0201. The van der Waals surface area contributed by atoms with Crippen LogP contribution in [-0.2, 0) is 9.59 Å². The monoisotopic (exact) mass is 213 g/mol. The Hall–Kier alpha value is -1.10. The largest absolute Gasteiger partial charge is 0.335 e. The molecule has 0 aromatic rings. The zero-order valence-corrected chi connectivity index (χ0v) is 9.62. The molecule has 0 saturated carbocycles. The van der Waals surface area contributed by atoms with Crippen molar-refractivity contribution in [3.05, 3.63) is 0 Å². The lowest BCUT2D eigenvalue weighted by atomic mass is 10.2. The first-order valence-corrected chi connectivity index (χ1v) is 5.23. The van der Waals surface area contributed by atoms with Crippen LogP contribution in [0.25, 0.3) is 0 Å². The predicted octanol–water partition coefficient (Wildman–Crippen LogP) is -0.715. The molecular weight excluding hydrogens is 194 g/mol. The first-order valence-electron chi connectivity index (χ1n) is 5.23. The summed E-state index contributed by atoms with van der Waals surface area (Å²) in [7, 11) is 3.55. The van der Waals surface area contributed by atoms with Gasteiger partial charge in [0.2, 0.25) is 11.8 Å². The van der Waals surface area contributed by atoms with Crippen molar-refractivity contribution < 1.29 is 9.59 Å². The van der Waals surface area contributed by atoms with E-state index in [-0.39, 0.29) is 24.9 Å². The molecule has 5 nitrogen and oxygen atoms in total. The highest BCUT2D eigenvalue weighted by Gasteiger charge is 2.26. The molecule has 5 heteroatoms. The molecule has 0 bridgehead atoms. The molecule has 1 aliphatic rings. The van der Waals surface area contributed by atoms with Crippen LogP contribution in [0.1, 0.15) is 13.3 Å². The van der Waals surface area contributed by atoms with Gasteiger partial charge >= 0.3 is 0 Å². The first kappa shape index (κ1) is 12.0. The molecule has 1 fully saturated rings. The van der Waals surface area contributed by atoms with Crippen molar-refractivity contribution in [2.24, 2.45) is 0 Å². The summed E-state index contributed by atoms with van der Waals surface area (Å²) in [6.07, 6.45) is 0.874. The molecule has 0 aromatic heterocycles. The minimum Gasteiger partial charge on any atom is -0.335 e. The quantitative estimate of drug-likeness (QED) is 0.671. The molecule has 0 aliphatic carbocycles. The Morgan fingerprint density at radius 3 is 2.60 bits per heavy atom. The van der Waals surface area contributed by atoms with E-state index in [0.29, 0.717) is 12.6 Å². The molecular formula is C10H19N3O2. The van der Waals surface area contributed by atoms with Gasteiger partial charge in [-0.1, -0.05) is 0 Å². The number of carbonyl (C=O) groups is 2. The van der Waals surface area contributed by atoms with E-state index in [1.165, 1.54) is 4.90 Å². The van der Waals surface area contributed by atoms with E-state index in [1.54, 1.807) is 11.9 Å². The third kappa shape index (κ3) is 3.20. The van der Waals surface area contributed by atoms with Crippen molar-refractivity contribution in [2.75, 3.05) is 33.7 Å². The lowest BCUT2D eigenvalue weighted by Crippen LogP contribution is -2.52. The minimum absolute atomic E-state index is 0.0201. The number of carbonyl (C=O) groups excluding carboxylic acids is 2. The second kappa shape index (κ2) is 5.11. The van der Waals surface area contributed by atoms with E-state index in [2.05, 4.69) is 12.2 Å². The average Bonchev–Trinajstić information content (AvgIpc) is 2.21. The molecule has 1 rings (SSSR count). The van der Waals surface area contributed by atoms with E-state index in [9.17, 15) is 9.59 Å². The molecule has 1 N–H and O–H groups in total. The van der Waals surface area contributed by atoms with Gasteiger partial charge in [0, 0.05) is 19.6 Å². The Labute approximate surface area is 90.4 Å². The van der Waals surface area contributed by atoms with Crippen molar-refractivity contribution in [1.29, 1.82) is 0 Å². The first-order chi connectivity index (χ1) is 7.04. The number of amides is 2. The van der Waals surface area contributed by atoms with Crippen LogP contribution in [-0.4, -0.2) is 61.4 Å². The summed E-state index contributed by atoms with van der Waals surface area (Å²) in [5, 5.41) is 3.11. The summed E-state index contributed by atoms with van der Waals surface area (Å²) >= 11 is 0. The summed E-state index contributed by atoms with van der Waals surface area (Å²) in [5.74, 6) is 0.0621. The number of rotatable bonds is 4. The Bertz CT molecular complexity index is 255. The van der Waals surface area contributed by atoms with Gasteiger partial charge in [0.15, 0.2) is 0 Å². The van der Waals surface area contributed by atoms with E-state index >= 15 is 0 Å². The topological polar surface area (TPSA) is 52.7 Å². The molecule has 2 amide bonds. The highest BCUT2D eigenvalue weighted by atomic mass is 16.2. The van der Waals surface area contributed by atoms with E-state index in [0.717, 1.165) is 6.42 Å². The molecule has 1 unspecified atom stereocenters. The summed E-state index contributed by atoms with van der Waals surface area (Å²) in [6, 6.07) is 0.368. The van der Waals surface area contributed by atoms with Crippen LogP contribution in [0.2, 0.25) is 0 Å². The standard InChI is InChI=1S/C10H19N3O2/c1-8(11-2)4-5-13-7-9(14)12(3)6-10(13)15/h8,11H,4-7H2,1-3H3. The van der Waals surface area contributed by atoms with E-state index < -0.39 is 0 Å². The zero-order valence-electron chi connectivity index (χ0n) is 9.62. The maximum atomic E-state index is 11.6. The van der Waals surface area contributed by atoms with Crippen molar-refractivity contribution in [3.8, 4) is 0 Å². The Kier molecular flexibility index (Phi) is 4.08. The summed E-state index contributed by atoms with van der Waals surface area (Å²) in [5.41, 5.74) is 0. The molecule has 0 radical (unpaired) electrons. The highest BCUT2D eigenvalue weighted by Crippen LogP contribution is 2.04. The molecule has 0 spiro atoms. The van der Waals surface area contributed by atoms with Crippen LogP contribution in [0.4, 0.5) is 0 Å². The molecule has 1 atom stereocenters. The molecule has 0 aromatic carbocycles. The predicted molar refractivity (Wildman–Crippen MR) is 57.4 cm³/mol. The van der Waals surface area contributed by atoms with E-state index in [4.69, 9.17) is 0 Å². The highest BCUT2D eigenvalue weighted by molar-refractivity contribution is 5.92. The van der Waals surface area contributed by atoms with Gasteiger partial charge in [-0.3, -0.25) is 9.59 Å². The van der Waals surface area contributed by atoms with Gasteiger partial charge in [-0.05, 0) is 20.4 Å². The molecule has 1 saturated heterocycles. The fourth-order valence-corrected chi connectivity index (χ4v) is 1.46. The molecule has 15 heavy (non-hydrogen) atoms. The van der Waals surface area contributed by atoms with Crippen LogP contribution in [0.15, 0.2) is 0 Å². The fourth-order valence-electron chi connectivity index (χ4n) is 1.46. The molecule has 1 aliphatic heterocycles. The third-order valence-electron chi connectivity index (χ3n) is 2.80. The summed E-state index contributed by atoms with van der Waals surface area (Å²) in [4.78, 5) is 26.1. The third-order valence-corrected chi connectivity index (χ3v) is 2.80. The lowest BCUT2D eigenvalue weighted by molar-refractivity contribution is -0.148. The molecule has 86 valence electrons. The van der Waals surface area contributed by atoms with E-state index in [1.807, 2.05) is 7.05 Å². The average molecular weight is 213 g/mol. The number of piperazine rings is 1. The normalized spacial score (nSPS) is 19.7. The lowest BCUT2D eigenvalue weighted by Gasteiger charge is -2.32. The number of nitrogens with one attached hydrogen (secondary N) is 1. The van der Waals surface area contributed by atoms with Crippen molar-refractivity contribution in [3.63, 3.8) is 0 Å². The summed E-state index contributed by atoms with van der Waals surface area (Å²) in [6.45, 7) is 3.15. The Balaban J connectivity index is 2.41. The maximum Gasteiger partial charge on any atom is 0.242 e. The maximum absolute atomic E-state index is 11.6. The van der Waals surface area contributed by atoms with Crippen molar-refractivity contribution in [1.82, 2.24) is 15.1 Å². The van der Waals surface area contributed by atoms with Crippen LogP contribution in [0.3, 0.4) is 0 Å². The SMILES string of the molecule is CNC(C)CCN1CC(=O)N(C)CC1=O. The second-order valence-corrected chi connectivity index (χ2v) is 4.04. The fraction of sp³-hybridized carbons (Fsp3) is 0.800. The van der Waals surface area contributed by atoms with Crippen LogP contribution in [0, 0.1) is 0 Å². The molecule has 1 heterocycles. The van der Waals surface area contributed by atoms with Crippen LogP contribution >= 0.6 is 0 Å². The summed E-state index contributed by atoms with van der Waals surface area (Å²) < 4.78 is 0. The Morgan fingerprint density at radius 1 is 1.33 bits per heavy atom. The van der Waals surface area contributed by atoms with Crippen LogP contribution in [0.5, 0.6) is 0 Å². The zero-order chi connectivity index (χ0) is 11.4. The number of nitrogens with zero attached hydrogens (tertiary/aromatic N) is 2. The van der Waals surface area contributed by atoms with Crippen LogP contribution < -0.4 is 5.32 Å². The van der Waals surface area contributed by atoms with Gasteiger partial charge < -0.3 is 15.1 Å². The van der Waals surface area contributed by atoms with Gasteiger partial charge in [0.05, 0.1) is 13.1 Å². The van der Waals surface area contributed by atoms with Crippen molar-refractivity contribution in [2.45, 2.75) is 19.4 Å². The smallest absolute Gasteiger partial charge is 0.242 e. The number of likely N-dealkylation sites (N-methyl/N-ethyl adjacent to an activating group) is 1. The number of hydrogen-bond acceptors (Lipinski definition) is 3. The Morgan fingerprint density at radius 2 is 2.00 bits per heavy atom. The number of hydrogen-bond donors (Lipinski definition) is 1. The van der Waals surface area contributed by atoms with Gasteiger partial charge in [-0.25, -0.2) is 0 Å². The second-order valence-electron chi connectivity index (χ2n) is 4.04. The van der Waals surface area contributed by atoms with Gasteiger partial charge in [-0.2, -0.15) is 0 Å².